The predicted molar refractivity (Wildman–Crippen MR) is 89.1 cm³/mol. The first-order valence-corrected chi connectivity index (χ1v) is 7.67. The van der Waals surface area contributed by atoms with Gasteiger partial charge in [0.25, 0.3) is 5.91 Å². The molecular formula is C16H22ClF3N2O3. The monoisotopic (exact) mass is 382 g/mol. The highest BCUT2D eigenvalue weighted by molar-refractivity contribution is 5.94. The van der Waals surface area contributed by atoms with E-state index in [9.17, 15) is 18.0 Å². The Kier molecular flexibility index (Phi) is 7.98. The van der Waals surface area contributed by atoms with Crippen LogP contribution in [0.3, 0.4) is 0 Å². The Balaban J connectivity index is 0.00000312. The normalized spacial score (nSPS) is 16.6. The molecule has 142 valence electrons. The Labute approximate surface area is 150 Å². The minimum absolute atomic E-state index is 0. The van der Waals surface area contributed by atoms with E-state index in [-0.39, 0.29) is 23.4 Å². The SMILES string of the molecule is COCC1(CNC(=O)c2cccc(OC(F)(F)F)c2)CCNCC1.Cl. The number of hydrogen-bond acceptors (Lipinski definition) is 4. The highest BCUT2D eigenvalue weighted by Gasteiger charge is 2.33. The minimum Gasteiger partial charge on any atom is -0.406 e. The van der Waals surface area contributed by atoms with Gasteiger partial charge in [-0.05, 0) is 44.1 Å². The molecule has 9 heteroatoms. The predicted octanol–water partition coefficient (Wildman–Crippen LogP) is 2.75. The van der Waals surface area contributed by atoms with E-state index in [0.29, 0.717) is 13.2 Å². The van der Waals surface area contributed by atoms with Crippen LogP contribution >= 0.6 is 12.4 Å². The van der Waals surface area contributed by atoms with E-state index in [4.69, 9.17) is 4.74 Å². The summed E-state index contributed by atoms with van der Waals surface area (Å²) in [5.74, 6) is -0.847. The Morgan fingerprint density at radius 2 is 2.00 bits per heavy atom. The maximum absolute atomic E-state index is 12.3. The molecule has 0 radical (unpaired) electrons. The highest BCUT2D eigenvalue weighted by Crippen LogP contribution is 2.28. The van der Waals surface area contributed by atoms with Gasteiger partial charge in [0.15, 0.2) is 0 Å². The molecule has 0 atom stereocenters. The summed E-state index contributed by atoms with van der Waals surface area (Å²) in [4.78, 5) is 12.2. The van der Waals surface area contributed by atoms with Crippen LogP contribution < -0.4 is 15.4 Å². The molecule has 0 spiro atoms. The molecule has 0 aliphatic carbocycles. The number of piperidine rings is 1. The first kappa shape index (κ1) is 21.5. The van der Waals surface area contributed by atoms with E-state index in [1.807, 2.05) is 0 Å². The number of amides is 1. The molecule has 0 bridgehead atoms. The summed E-state index contributed by atoms with van der Waals surface area (Å²) in [7, 11) is 1.61. The van der Waals surface area contributed by atoms with Crippen LogP contribution in [0.2, 0.25) is 0 Å². The number of halogens is 4. The van der Waals surface area contributed by atoms with Crippen molar-refractivity contribution in [1.82, 2.24) is 10.6 Å². The lowest BCUT2D eigenvalue weighted by Gasteiger charge is -2.37. The first-order valence-electron chi connectivity index (χ1n) is 7.67. The molecule has 5 nitrogen and oxygen atoms in total. The van der Waals surface area contributed by atoms with Crippen molar-refractivity contribution < 1.29 is 27.4 Å². The summed E-state index contributed by atoms with van der Waals surface area (Å²) in [5.41, 5.74) is -0.0336. The molecule has 1 aromatic carbocycles. The highest BCUT2D eigenvalue weighted by atomic mass is 35.5. The van der Waals surface area contributed by atoms with Crippen LogP contribution in [0.5, 0.6) is 5.75 Å². The molecule has 1 heterocycles. The number of carbonyl (C=O) groups is 1. The quantitative estimate of drug-likeness (QED) is 0.794. The number of carbonyl (C=O) groups excluding carboxylic acids is 1. The second kappa shape index (κ2) is 9.26. The number of hydrogen-bond donors (Lipinski definition) is 2. The second-order valence-corrected chi connectivity index (χ2v) is 5.94. The van der Waals surface area contributed by atoms with E-state index in [1.165, 1.54) is 12.1 Å². The lowest BCUT2D eigenvalue weighted by atomic mass is 9.79. The van der Waals surface area contributed by atoms with E-state index in [0.717, 1.165) is 38.1 Å². The summed E-state index contributed by atoms with van der Waals surface area (Å²) in [6, 6.07) is 5.03. The smallest absolute Gasteiger partial charge is 0.406 e. The Morgan fingerprint density at radius 1 is 1.32 bits per heavy atom. The van der Waals surface area contributed by atoms with Gasteiger partial charge in [-0.25, -0.2) is 0 Å². The van der Waals surface area contributed by atoms with Gasteiger partial charge in [0, 0.05) is 24.6 Å². The fourth-order valence-corrected chi connectivity index (χ4v) is 2.84. The van der Waals surface area contributed by atoms with Crippen molar-refractivity contribution >= 4 is 18.3 Å². The number of benzene rings is 1. The van der Waals surface area contributed by atoms with Crippen molar-refractivity contribution in [3.8, 4) is 5.75 Å². The molecule has 25 heavy (non-hydrogen) atoms. The molecule has 0 saturated carbocycles. The molecule has 1 aromatic rings. The number of rotatable bonds is 6. The van der Waals surface area contributed by atoms with Gasteiger partial charge in [0.1, 0.15) is 5.75 Å². The van der Waals surface area contributed by atoms with E-state index in [2.05, 4.69) is 15.4 Å². The van der Waals surface area contributed by atoms with Crippen molar-refractivity contribution in [3.05, 3.63) is 29.8 Å². The zero-order valence-corrected chi connectivity index (χ0v) is 14.6. The van der Waals surface area contributed by atoms with Crippen LogP contribution in [-0.2, 0) is 4.74 Å². The summed E-state index contributed by atoms with van der Waals surface area (Å²) >= 11 is 0. The number of nitrogens with one attached hydrogen (secondary N) is 2. The topological polar surface area (TPSA) is 59.6 Å². The zero-order valence-electron chi connectivity index (χ0n) is 13.8. The fourth-order valence-electron chi connectivity index (χ4n) is 2.84. The number of ether oxygens (including phenoxy) is 2. The van der Waals surface area contributed by atoms with Crippen LogP contribution in [0.25, 0.3) is 0 Å². The maximum atomic E-state index is 12.3. The van der Waals surface area contributed by atoms with Crippen molar-refractivity contribution in [3.63, 3.8) is 0 Å². The van der Waals surface area contributed by atoms with Crippen LogP contribution in [0, 0.1) is 5.41 Å². The second-order valence-electron chi connectivity index (χ2n) is 5.94. The number of methoxy groups -OCH3 is 1. The molecule has 2 rings (SSSR count). The van der Waals surface area contributed by atoms with Gasteiger partial charge in [-0.1, -0.05) is 6.07 Å². The third kappa shape index (κ3) is 6.72. The van der Waals surface area contributed by atoms with Gasteiger partial charge < -0.3 is 20.1 Å². The molecular weight excluding hydrogens is 361 g/mol. The minimum atomic E-state index is -4.78. The third-order valence-corrected chi connectivity index (χ3v) is 4.07. The summed E-state index contributed by atoms with van der Waals surface area (Å²) in [6.07, 6.45) is -3.07. The Hall–Kier alpha value is -1.51. The molecule has 0 unspecified atom stereocenters. The fraction of sp³-hybridized carbons (Fsp3) is 0.562. The van der Waals surface area contributed by atoms with Gasteiger partial charge in [-0.15, -0.1) is 25.6 Å². The molecule has 1 saturated heterocycles. The lowest BCUT2D eigenvalue weighted by molar-refractivity contribution is -0.274. The molecule has 1 fully saturated rings. The van der Waals surface area contributed by atoms with E-state index < -0.39 is 18.0 Å². The lowest BCUT2D eigenvalue weighted by Crippen LogP contribution is -2.47. The van der Waals surface area contributed by atoms with Crippen LogP contribution in [0.15, 0.2) is 24.3 Å². The first-order chi connectivity index (χ1) is 11.3. The molecule has 0 aromatic heterocycles. The van der Waals surface area contributed by atoms with Crippen molar-refractivity contribution in [2.75, 3.05) is 33.4 Å². The largest absolute Gasteiger partial charge is 0.573 e. The van der Waals surface area contributed by atoms with Gasteiger partial charge >= 0.3 is 6.36 Å². The summed E-state index contributed by atoms with van der Waals surface area (Å²) in [6.45, 7) is 2.61. The Bertz CT molecular complexity index is 558. The summed E-state index contributed by atoms with van der Waals surface area (Å²) < 4.78 is 45.9. The van der Waals surface area contributed by atoms with Gasteiger partial charge in [0.05, 0.1) is 6.61 Å². The average molecular weight is 383 g/mol. The van der Waals surface area contributed by atoms with Gasteiger partial charge in [-0.2, -0.15) is 0 Å². The van der Waals surface area contributed by atoms with Crippen LogP contribution in [0.1, 0.15) is 23.2 Å². The average Bonchev–Trinajstić information content (AvgIpc) is 2.52. The van der Waals surface area contributed by atoms with Crippen LogP contribution in [-0.4, -0.2) is 45.6 Å². The third-order valence-electron chi connectivity index (χ3n) is 4.07. The standard InChI is InChI=1S/C16H21F3N2O3.ClH/c1-23-11-15(5-7-20-8-6-15)10-21-14(22)12-3-2-4-13(9-12)24-16(17,18)19;/h2-4,9,20H,5-8,10-11H2,1H3,(H,21,22);1H. The van der Waals surface area contributed by atoms with Crippen molar-refractivity contribution in [1.29, 1.82) is 0 Å². The number of alkyl halides is 3. The molecule has 1 aliphatic heterocycles. The molecule has 2 N–H and O–H groups in total. The van der Waals surface area contributed by atoms with E-state index >= 15 is 0 Å². The van der Waals surface area contributed by atoms with Crippen molar-refractivity contribution in [2.24, 2.45) is 5.41 Å². The van der Waals surface area contributed by atoms with Crippen LogP contribution in [0.4, 0.5) is 13.2 Å². The Morgan fingerprint density at radius 3 is 2.60 bits per heavy atom. The van der Waals surface area contributed by atoms with Gasteiger partial charge in [0.2, 0.25) is 0 Å². The van der Waals surface area contributed by atoms with Gasteiger partial charge in [-0.3, -0.25) is 4.79 Å². The van der Waals surface area contributed by atoms with Crippen molar-refractivity contribution in [2.45, 2.75) is 19.2 Å². The molecule has 1 amide bonds. The molecule has 1 aliphatic rings. The van der Waals surface area contributed by atoms with E-state index in [1.54, 1.807) is 7.11 Å². The maximum Gasteiger partial charge on any atom is 0.573 e. The summed E-state index contributed by atoms with van der Waals surface area (Å²) in [5, 5.41) is 6.06. The zero-order chi connectivity index (χ0) is 17.6.